The number of allylic oxidation sites excluding steroid dienone is 6. The molecule has 0 aromatic rings. The molecule has 0 radical (unpaired) electrons. The third-order valence-corrected chi connectivity index (χ3v) is 12.4. The van der Waals surface area contributed by atoms with Crippen molar-refractivity contribution in [3.8, 4) is 0 Å². The van der Waals surface area contributed by atoms with E-state index in [0.29, 0.717) is 19.3 Å². The fourth-order valence-electron chi connectivity index (χ4n) is 8.18. The molecule has 0 saturated carbocycles. The normalized spacial score (nSPS) is 27.5. The fraction of sp³-hybridized carbons (Fsp3) is 0.860. The monoisotopic (exact) mass is 914 g/mol. The number of carbonyl (C=O) groups excluding carboxylic acids is 1. The molecule has 64 heavy (non-hydrogen) atoms. The van der Waals surface area contributed by atoms with Crippen molar-refractivity contribution in [1.82, 2.24) is 5.32 Å². The van der Waals surface area contributed by atoms with E-state index in [-0.39, 0.29) is 12.5 Å². The van der Waals surface area contributed by atoms with Crippen LogP contribution in [0, 0.1) is 0 Å². The van der Waals surface area contributed by atoms with Crippen LogP contribution < -0.4 is 5.32 Å². The summed E-state index contributed by atoms with van der Waals surface area (Å²) in [7, 11) is 0. The average Bonchev–Trinajstić information content (AvgIpc) is 3.29. The first kappa shape index (κ1) is 58.3. The first-order valence-electron chi connectivity index (χ1n) is 25.2. The number of hydrogen-bond acceptors (Lipinski definition) is 13. The van der Waals surface area contributed by atoms with E-state index in [1.54, 1.807) is 0 Å². The molecule has 0 aromatic carbocycles. The average molecular weight is 914 g/mol. The number of ether oxygens (including phenoxy) is 4. The van der Waals surface area contributed by atoms with Crippen molar-refractivity contribution < 1.29 is 64.6 Å². The van der Waals surface area contributed by atoms with E-state index in [0.717, 1.165) is 70.6 Å². The van der Waals surface area contributed by atoms with Gasteiger partial charge in [0, 0.05) is 6.42 Å². The van der Waals surface area contributed by atoms with Gasteiger partial charge in [0.05, 0.1) is 32.0 Å². The highest BCUT2D eigenvalue weighted by Gasteiger charge is 2.51. The van der Waals surface area contributed by atoms with E-state index in [2.05, 4.69) is 55.6 Å². The number of unbranched alkanes of at least 4 members (excludes halogenated alkanes) is 19. The van der Waals surface area contributed by atoms with Gasteiger partial charge in [-0.05, 0) is 51.4 Å². The summed E-state index contributed by atoms with van der Waals surface area (Å²) in [5.41, 5.74) is 0. The van der Waals surface area contributed by atoms with Gasteiger partial charge in [-0.15, -0.1) is 0 Å². The molecule has 2 saturated heterocycles. The van der Waals surface area contributed by atoms with Crippen molar-refractivity contribution in [3.05, 3.63) is 36.5 Å². The third-order valence-electron chi connectivity index (χ3n) is 12.4. The van der Waals surface area contributed by atoms with Crippen molar-refractivity contribution >= 4 is 5.91 Å². The summed E-state index contributed by atoms with van der Waals surface area (Å²) in [6, 6.07) is -0.829. The zero-order valence-electron chi connectivity index (χ0n) is 39.5. The number of nitrogens with one attached hydrogen (secondary N) is 1. The molecule has 0 aromatic heterocycles. The molecule has 1 amide bonds. The summed E-state index contributed by atoms with van der Waals surface area (Å²) in [6.45, 7) is 2.76. The molecular weight excluding hydrogens is 823 g/mol. The number of aliphatic hydroxyl groups excluding tert-OH is 8. The first-order chi connectivity index (χ1) is 31.1. The maximum atomic E-state index is 13.1. The molecule has 2 fully saturated rings. The maximum absolute atomic E-state index is 13.1. The highest BCUT2D eigenvalue weighted by molar-refractivity contribution is 5.76. The Morgan fingerprint density at radius 2 is 1.03 bits per heavy atom. The second-order valence-electron chi connectivity index (χ2n) is 17.9. The Balaban J connectivity index is 1.73. The second-order valence-corrected chi connectivity index (χ2v) is 17.9. The summed E-state index contributed by atoms with van der Waals surface area (Å²) in [4.78, 5) is 13.1. The Hall–Kier alpha value is -1.79. The van der Waals surface area contributed by atoms with Crippen LogP contribution in [0.4, 0.5) is 0 Å². The molecule has 2 aliphatic heterocycles. The summed E-state index contributed by atoms with van der Waals surface area (Å²) in [5, 5.41) is 86.5. The van der Waals surface area contributed by atoms with E-state index in [9.17, 15) is 45.6 Å². The summed E-state index contributed by atoms with van der Waals surface area (Å²) in [5.74, 6) is -0.220. The Kier molecular flexibility index (Phi) is 33.9. The maximum Gasteiger partial charge on any atom is 0.220 e. The van der Waals surface area contributed by atoms with Crippen LogP contribution in [0.15, 0.2) is 36.5 Å². The predicted molar refractivity (Wildman–Crippen MR) is 249 cm³/mol. The molecule has 0 spiro atoms. The van der Waals surface area contributed by atoms with Crippen molar-refractivity contribution in [1.29, 1.82) is 0 Å². The molecule has 0 bridgehead atoms. The van der Waals surface area contributed by atoms with Crippen molar-refractivity contribution in [3.63, 3.8) is 0 Å². The van der Waals surface area contributed by atoms with E-state index in [4.69, 9.17) is 18.9 Å². The van der Waals surface area contributed by atoms with Gasteiger partial charge in [-0.2, -0.15) is 0 Å². The minimum atomic E-state index is -1.78. The van der Waals surface area contributed by atoms with Crippen LogP contribution >= 0.6 is 0 Å². The number of hydrogen-bond donors (Lipinski definition) is 9. The SMILES string of the molecule is CCCCCCC/C=C\C/C=C\C/C=C\CCCCCCCCCCC(=O)NC(COC1OC(CO)C(OC2OC(CO)C(O)C(O)C2O)C(O)C1O)C(O)CCCCCCCCC. The molecule has 0 aliphatic carbocycles. The molecule has 2 aliphatic rings. The molecule has 2 heterocycles. The summed E-state index contributed by atoms with van der Waals surface area (Å²) >= 11 is 0. The number of carbonyl (C=O) groups is 1. The zero-order chi connectivity index (χ0) is 46.8. The lowest BCUT2D eigenvalue weighted by Crippen LogP contribution is -2.65. The van der Waals surface area contributed by atoms with Crippen LogP contribution in [0.25, 0.3) is 0 Å². The van der Waals surface area contributed by atoms with Crippen molar-refractivity contribution in [2.75, 3.05) is 19.8 Å². The minimum Gasteiger partial charge on any atom is -0.394 e. The third kappa shape index (κ3) is 24.3. The van der Waals surface area contributed by atoms with Crippen LogP contribution in [0.5, 0.6) is 0 Å². The number of rotatable bonds is 38. The Bertz CT molecular complexity index is 1220. The first-order valence-corrected chi connectivity index (χ1v) is 25.2. The molecular formula is C50H91NO13. The van der Waals surface area contributed by atoms with Crippen LogP contribution in [0.2, 0.25) is 0 Å². The second kappa shape index (κ2) is 37.2. The summed E-state index contributed by atoms with van der Waals surface area (Å²) < 4.78 is 22.6. The van der Waals surface area contributed by atoms with Crippen LogP contribution in [-0.2, 0) is 23.7 Å². The lowest BCUT2D eigenvalue weighted by atomic mass is 9.97. The quantitative estimate of drug-likeness (QED) is 0.0244. The fourth-order valence-corrected chi connectivity index (χ4v) is 8.18. The molecule has 12 unspecified atom stereocenters. The van der Waals surface area contributed by atoms with Crippen LogP contribution in [-0.4, -0.2) is 140 Å². The Labute approximate surface area is 385 Å². The Morgan fingerprint density at radius 1 is 0.562 bits per heavy atom. The predicted octanol–water partition coefficient (Wildman–Crippen LogP) is 6.32. The van der Waals surface area contributed by atoms with E-state index < -0.39 is 86.8 Å². The lowest BCUT2D eigenvalue weighted by molar-refractivity contribution is -0.359. The Morgan fingerprint density at radius 3 is 1.58 bits per heavy atom. The van der Waals surface area contributed by atoms with Crippen LogP contribution in [0.1, 0.15) is 181 Å². The van der Waals surface area contributed by atoms with Crippen LogP contribution in [0.3, 0.4) is 0 Å². The summed E-state index contributed by atoms with van der Waals surface area (Å²) in [6.07, 6.45) is 24.7. The highest BCUT2D eigenvalue weighted by atomic mass is 16.7. The molecule has 9 N–H and O–H groups in total. The van der Waals surface area contributed by atoms with Gasteiger partial charge in [-0.3, -0.25) is 4.79 Å². The molecule has 14 nitrogen and oxygen atoms in total. The van der Waals surface area contributed by atoms with Gasteiger partial charge in [-0.1, -0.05) is 159 Å². The lowest BCUT2D eigenvalue weighted by Gasteiger charge is -2.46. The van der Waals surface area contributed by atoms with Gasteiger partial charge in [-0.25, -0.2) is 0 Å². The molecule has 12 atom stereocenters. The van der Waals surface area contributed by atoms with Gasteiger partial charge in [0.25, 0.3) is 0 Å². The van der Waals surface area contributed by atoms with Crippen molar-refractivity contribution in [2.45, 2.75) is 254 Å². The minimum absolute atomic E-state index is 0.220. The van der Waals surface area contributed by atoms with Gasteiger partial charge in [0.1, 0.15) is 48.8 Å². The zero-order valence-corrected chi connectivity index (χ0v) is 39.5. The molecule has 2 rings (SSSR count). The van der Waals surface area contributed by atoms with Gasteiger partial charge < -0.3 is 65.1 Å². The van der Waals surface area contributed by atoms with Crippen molar-refractivity contribution in [2.24, 2.45) is 0 Å². The van der Waals surface area contributed by atoms with E-state index in [1.807, 2.05) is 0 Å². The van der Waals surface area contributed by atoms with Gasteiger partial charge in [0.15, 0.2) is 12.6 Å². The van der Waals surface area contributed by atoms with Gasteiger partial charge >= 0.3 is 0 Å². The number of amides is 1. The van der Waals surface area contributed by atoms with E-state index >= 15 is 0 Å². The topological polar surface area (TPSA) is 228 Å². The smallest absolute Gasteiger partial charge is 0.220 e. The van der Waals surface area contributed by atoms with Gasteiger partial charge in [0.2, 0.25) is 5.91 Å². The highest BCUT2D eigenvalue weighted by Crippen LogP contribution is 2.30. The molecule has 14 heteroatoms. The standard InChI is InChI=1S/C50H91NO13/c1-3-5-7-9-11-12-13-14-15-16-17-18-19-20-21-22-23-24-25-26-28-30-32-34-42(55)51-38(39(54)33-31-29-27-10-8-6-4-2)37-61-49-47(60)45(58)48(41(36-53)63-49)64-50-46(59)44(57)43(56)40(35-52)62-50/h13-14,16-17,19-20,38-41,43-50,52-54,56-60H,3-12,15,18,21-37H2,1-2H3,(H,51,55)/b14-13-,17-16-,20-19-. The number of aliphatic hydroxyl groups is 8. The molecule has 374 valence electrons. The largest absolute Gasteiger partial charge is 0.394 e. The van der Waals surface area contributed by atoms with E-state index in [1.165, 1.54) is 77.0 Å².